The average molecular weight is 552 g/mol. The summed E-state index contributed by atoms with van der Waals surface area (Å²) in [5.41, 5.74) is 2.14. The molecule has 0 spiro atoms. The van der Waals surface area contributed by atoms with Crippen LogP contribution in [-0.4, -0.2) is 43.5 Å². The van der Waals surface area contributed by atoms with E-state index in [9.17, 15) is 19.2 Å². The van der Waals surface area contributed by atoms with Crippen molar-refractivity contribution >= 4 is 62.7 Å². The summed E-state index contributed by atoms with van der Waals surface area (Å²) in [6.45, 7) is 3.64. The number of esters is 2. The van der Waals surface area contributed by atoms with Crippen LogP contribution in [-0.2, 0) is 23.9 Å². The number of nitrogens with zero attached hydrogens (tertiary/aromatic N) is 1. The second kappa shape index (κ2) is 11.5. The summed E-state index contributed by atoms with van der Waals surface area (Å²) in [4.78, 5) is 50.5. The fourth-order valence-electron chi connectivity index (χ4n) is 3.40. The number of benzene rings is 2. The smallest absolute Gasteiger partial charge is 0.338 e. The number of hydrogen-bond donors (Lipinski definition) is 1. The lowest BCUT2D eigenvalue weighted by molar-refractivity contribution is -0.151. The van der Waals surface area contributed by atoms with Gasteiger partial charge in [-0.25, -0.2) is 4.79 Å². The molecule has 1 fully saturated rings. The molecule has 1 aliphatic rings. The topological polar surface area (TPSA) is 102 Å². The summed E-state index contributed by atoms with van der Waals surface area (Å²) in [7, 11) is 0. The van der Waals surface area contributed by atoms with Crippen molar-refractivity contribution < 1.29 is 28.7 Å². The minimum atomic E-state index is -0.696. The maximum absolute atomic E-state index is 12.5. The molecule has 8 nitrogen and oxygen atoms in total. The summed E-state index contributed by atoms with van der Waals surface area (Å²) in [5.74, 6) is -2.51. The molecular formula is C24H24BrClN2O6. The number of anilines is 2. The van der Waals surface area contributed by atoms with Crippen LogP contribution in [0.2, 0.25) is 5.02 Å². The number of ether oxygens (including phenoxy) is 2. The SMILES string of the molecule is CCCOC(=O)c1ccc(N2C[C@@H](C(=O)OCC(=O)Nc3ccc(Br)c(Cl)c3C)CC2=O)cc1. The molecule has 1 atom stereocenters. The third kappa shape index (κ3) is 6.15. The van der Waals surface area contributed by atoms with E-state index in [1.165, 1.54) is 4.90 Å². The zero-order valence-corrected chi connectivity index (χ0v) is 21.1. The van der Waals surface area contributed by atoms with Gasteiger partial charge in [-0.15, -0.1) is 0 Å². The van der Waals surface area contributed by atoms with Crippen LogP contribution < -0.4 is 10.2 Å². The molecule has 0 bridgehead atoms. The number of halogens is 2. The van der Waals surface area contributed by atoms with Crippen molar-refractivity contribution in [2.75, 3.05) is 30.0 Å². The normalized spacial score (nSPS) is 15.2. The first-order chi connectivity index (χ1) is 16.2. The number of carbonyl (C=O) groups is 4. The first kappa shape index (κ1) is 25.7. The van der Waals surface area contributed by atoms with Crippen LogP contribution in [0, 0.1) is 12.8 Å². The van der Waals surface area contributed by atoms with Crippen LogP contribution in [0.4, 0.5) is 11.4 Å². The Morgan fingerprint density at radius 1 is 1.15 bits per heavy atom. The first-order valence-corrected chi connectivity index (χ1v) is 11.9. The Balaban J connectivity index is 1.53. The summed E-state index contributed by atoms with van der Waals surface area (Å²) in [5, 5.41) is 3.14. The zero-order valence-electron chi connectivity index (χ0n) is 18.7. The Morgan fingerprint density at radius 2 is 1.85 bits per heavy atom. The summed E-state index contributed by atoms with van der Waals surface area (Å²) in [6.07, 6.45) is 0.700. The molecule has 2 aromatic rings. The fourth-order valence-corrected chi connectivity index (χ4v) is 3.99. The first-order valence-electron chi connectivity index (χ1n) is 10.7. The van der Waals surface area contributed by atoms with E-state index < -0.39 is 30.4 Å². The van der Waals surface area contributed by atoms with E-state index in [1.54, 1.807) is 43.3 Å². The Labute approximate surface area is 210 Å². The fraction of sp³-hybridized carbons (Fsp3) is 0.333. The molecule has 2 aromatic carbocycles. The van der Waals surface area contributed by atoms with Crippen molar-refractivity contribution in [3.8, 4) is 0 Å². The lowest BCUT2D eigenvalue weighted by Crippen LogP contribution is -2.28. The highest BCUT2D eigenvalue weighted by Crippen LogP contribution is 2.31. The molecular weight excluding hydrogens is 528 g/mol. The second-order valence-electron chi connectivity index (χ2n) is 7.78. The molecule has 0 saturated carbocycles. The van der Waals surface area contributed by atoms with Gasteiger partial charge in [-0.1, -0.05) is 18.5 Å². The number of rotatable bonds is 8. The third-order valence-electron chi connectivity index (χ3n) is 5.27. The van der Waals surface area contributed by atoms with E-state index in [-0.39, 0.29) is 18.9 Å². The van der Waals surface area contributed by atoms with Gasteiger partial charge in [-0.3, -0.25) is 14.4 Å². The molecule has 0 unspecified atom stereocenters. The van der Waals surface area contributed by atoms with Gasteiger partial charge >= 0.3 is 11.9 Å². The maximum Gasteiger partial charge on any atom is 0.338 e. The lowest BCUT2D eigenvalue weighted by Gasteiger charge is -2.17. The summed E-state index contributed by atoms with van der Waals surface area (Å²) < 4.78 is 10.9. The van der Waals surface area contributed by atoms with Crippen molar-refractivity contribution in [1.82, 2.24) is 0 Å². The predicted octanol–water partition coefficient (Wildman–Crippen LogP) is 4.51. The van der Waals surface area contributed by atoms with Gasteiger partial charge in [0.1, 0.15) is 0 Å². The van der Waals surface area contributed by atoms with Gasteiger partial charge in [0, 0.05) is 28.8 Å². The molecule has 10 heteroatoms. The van der Waals surface area contributed by atoms with E-state index in [4.69, 9.17) is 21.1 Å². The predicted molar refractivity (Wildman–Crippen MR) is 131 cm³/mol. The van der Waals surface area contributed by atoms with E-state index in [0.717, 1.165) is 6.42 Å². The number of carbonyl (C=O) groups excluding carboxylic acids is 4. The zero-order chi connectivity index (χ0) is 24.8. The maximum atomic E-state index is 12.5. The Morgan fingerprint density at radius 3 is 2.53 bits per heavy atom. The quantitative estimate of drug-likeness (QED) is 0.484. The molecule has 1 heterocycles. The van der Waals surface area contributed by atoms with Crippen LogP contribution in [0.25, 0.3) is 0 Å². The van der Waals surface area contributed by atoms with E-state index in [2.05, 4.69) is 21.2 Å². The van der Waals surface area contributed by atoms with Crippen molar-refractivity contribution in [3.05, 3.63) is 57.0 Å². The number of amides is 2. The van der Waals surface area contributed by atoms with Crippen molar-refractivity contribution in [3.63, 3.8) is 0 Å². The van der Waals surface area contributed by atoms with Gasteiger partial charge in [-0.2, -0.15) is 0 Å². The van der Waals surface area contributed by atoms with E-state index in [0.29, 0.717) is 38.6 Å². The van der Waals surface area contributed by atoms with Gasteiger partial charge in [0.25, 0.3) is 5.91 Å². The summed E-state index contributed by atoms with van der Waals surface area (Å²) in [6, 6.07) is 9.81. The van der Waals surface area contributed by atoms with Crippen LogP contribution in [0.5, 0.6) is 0 Å². The monoisotopic (exact) mass is 550 g/mol. The highest BCUT2D eigenvalue weighted by molar-refractivity contribution is 9.10. The van der Waals surface area contributed by atoms with Gasteiger partial charge in [0.05, 0.1) is 23.1 Å². The molecule has 180 valence electrons. The highest BCUT2D eigenvalue weighted by Gasteiger charge is 2.36. The molecule has 2 amide bonds. The molecule has 1 saturated heterocycles. The molecule has 1 N–H and O–H groups in total. The minimum absolute atomic E-state index is 0.0256. The van der Waals surface area contributed by atoms with E-state index >= 15 is 0 Å². The lowest BCUT2D eigenvalue weighted by atomic mass is 10.1. The standard InChI is InChI=1S/C24H24BrClN2O6/c1-3-10-33-23(31)15-4-6-17(7-5-15)28-12-16(11-21(28)30)24(32)34-13-20(29)27-19-9-8-18(25)22(26)14(19)2/h4-9,16H,3,10-13H2,1-2H3,(H,27,29)/t16-/m0/s1. The molecule has 3 rings (SSSR count). The Bertz CT molecular complexity index is 1110. The number of nitrogens with one attached hydrogen (secondary N) is 1. The van der Waals surface area contributed by atoms with Crippen LogP contribution in [0.15, 0.2) is 40.9 Å². The van der Waals surface area contributed by atoms with Gasteiger partial charge in [0.2, 0.25) is 5.91 Å². The molecule has 34 heavy (non-hydrogen) atoms. The highest BCUT2D eigenvalue weighted by atomic mass is 79.9. The Hall–Kier alpha value is -2.91. The summed E-state index contributed by atoms with van der Waals surface area (Å²) >= 11 is 9.47. The Kier molecular flexibility index (Phi) is 8.68. The largest absolute Gasteiger partial charge is 0.462 e. The number of hydrogen-bond acceptors (Lipinski definition) is 6. The molecule has 1 aliphatic heterocycles. The average Bonchev–Trinajstić information content (AvgIpc) is 3.23. The second-order valence-corrected chi connectivity index (χ2v) is 9.01. The van der Waals surface area contributed by atoms with Gasteiger partial charge in [0.15, 0.2) is 6.61 Å². The molecule has 0 aromatic heterocycles. The van der Waals surface area contributed by atoms with Crippen molar-refractivity contribution in [1.29, 1.82) is 0 Å². The minimum Gasteiger partial charge on any atom is -0.462 e. The van der Waals surface area contributed by atoms with Crippen molar-refractivity contribution in [2.45, 2.75) is 26.7 Å². The molecule has 0 aliphatic carbocycles. The third-order valence-corrected chi connectivity index (χ3v) is 6.65. The van der Waals surface area contributed by atoms with E-state index in [1.807, 2.05) is 6.92 Å². The van der Waals surface area contributed by atoms with Crippen LogP contribution in [0.1, 0.15) is 35.7 Å². The van der Waals surface area contributed by atoms with Gasteiger partial charge in [-0.05, 0) is 71.2 Å². The van der Waals surface area contributed by atoms with Crippen LogP contribution >= 0.6 is 27.5 Å². The van der Waals surface area contributed by atoms with Gasteiger partial charge < -0.3 is 19.7 Å². The van der Waals surface area contributed by atoms with Crippen molar-refractivity contribution in [2.24, 2.45) is 5.92 Å². The van der Waals surface area contributed by atoms with Crippen LogP contribution in [0.3, 0.4) is 0 Å². The molecule has 0 radical (unpaired) electrons.